The van der Waals surface area contributed by atoms with Crippen molar-refractivity contribution < 1.29 is 0 Å². The van der Waals surface area contributed by atoms with Crippen LogP contribution in [0, 0.1) is 6.92 Å². The summed E-state index contributed by atoms with van der Waals surface area (Å²) in [5.41, 5.74) is 8.68. The molecule has 0 aliphatic carbocycles. The summed E-state index contributed by atoms with van der Waals surface area (Å²) in [5, 5.41) is 1.18. The minimum atomic E-state index is 0.727. The number of aryl methyl sites for hydroxylation is 1. The number of rotatable bonds is 0. The van der Waals surface area contributed by atoms with Gasteiger partial charge < -0.3 is 0 Å². The van der Waals surface area contributed by atoms with Gasteiger partial charge in [0.05, 0.1) is 0 Å². The van der Waals surface area contributed by atoms with Crippen LogP contribution in [0.2, 0.25) is 0 Å². The summed E-state index contributed by atoms with van der Waals surface area (Å²) in [4.78, 5) is 3.06. The Kier molecular flexibility index (Phi) is 1.25. The van der Waals surface area contributed by atoms with Crippen LogP contribution in [0.25, 0.3) is 10.8 Å². The van der Waals surface area contributed by atoms with Gasteiger partial charge >= 0.3 is 64.8 Å². The normalized spacial score (nSPS) is 10.3. The van der Waals surface area contributed by atoms with Gasteiger partial charge in [-0.15, -0.1) is 0 Å². The fourth-order valence-electron chi connectivity index (χ4n) is 1.27. The molecule has 3 N–H and O–H groups in total. The van der Waals surface area contributed by atoms with Crippen LogP contribution in [-0.2, 0) is 0 Å². The van der Waals surface area contributed by atoms with Crippen LogP contribution in [-0.4, -0.2) is 11.9 Å². The topological polar surface area (TPSA) is 41.8 Å². The molecule has 0 atom stereocenters. The molecule has 0 bridgehead atoms. The van der Waals surface area contributed by atoms with Gasteiger partial charge in [0.1, 0.15) is 0 Å². The zero-order chi connectivity index (χ0) is 7.84. The molecule has 11 heavy (non-hydrogen) atoms. The number of hydrogen-bond acceptors (Lipinski definition) is 1. The van der Waals surface area contributed by atoms with Crippen LogP contribution in [0.15, 0.2) is 18.2 Å². The second kappa shape index (κ2) is 2.12. The Hall–Kier alpha value is -1.25. The summed E-state index contributed by atoms with van der Waals surface area (Å²) in [6.45, 7) is 4.02. The van der Waals surface area contributed by atoms with Gasteiger partial charge in [0.25, 0.3) is 0 Å². The van der Waals surface area contributed by atoms with Crippen LogP contribution in [0.5, 0.6) is 0 Å². The first-order chi connectivity index (χ1) is 5.25. The van der Waals surface area contributed by atoms with Gasteiger partial charge in [-0.2, -0.15) is 0 Å². The van der Waals surface area contributed by atoms with E-state index in [9.17, 15) is 0 Å². The Morgan fingerprint density at radius 1 is 1.45 bits per heavy atom. The van der Waals surface area contributed by atoms with E-state index in [4.69, 9.17) is 5.73 Å². The fourth-order valence-corrected chi connectivity index (χ4v) is 1.27. The van der Waals surface area contributed by atoms with Crippen LogP contribution in [0.4, 0.5) is 5.71 Å². The summed E-state index contributed by atoms with van der Waals surface area (Å²) < 4.78 is 0. The molecule has 3 heteroatoms. The van der Waals surface area contributed by atoms with Crippen molar-refractivity contribution in [3.05, 3.63) is 23.8 Å². The van der Waals surface area contributed by atoms with E-state index in [1.165, 1.54) is 10.8 Å². The van der Waals surface area contributed by atoms with E-state index in [1.807, 2.05) is 13.0 Å². The van der Waals surface area contributed by atoms with Crippen molar-refractivity contribution in [1.82, 2.24) is 4.98 Å². The van der Waals surface area contributed by atoms with Crippen molar-refractivity contribution in [1.29, 1.82) is 0 Å². The Bertz CT molecular complexity index is 392. The zero-order valence-corrected chi connectivity index (χ0v) is 6.39. The van der Waals surface area contributed by atoms with Crippen LogP contribution in [0.1, 0.15) is 5.56 Å². The summed E-state index contributed by atoms with van der Waals surface area (Å²) in [5.74, 6) is 0. The molecule has 0 saturated carbocycles. The van der Waals surface area contributed by atoms with E-state index in [1.54, 1.807) is 0 Å². The predicted molar refractivity (Wildman–Crippen MR) is 48.8 cm³/mol. The van der Waals surface area contributed by atoms with Gasteiger partial charge in [0.2, 0.25) is 0 Å². The number of H-pyrrole nitrogens is 1. The van der Waals surface area contributed by atoms with Crippen LogP contribution >= 0.6 is 0 Å². The molecule has 0 amide bonds. The first-order valence-corrected chi connectivity index (χ1v) is 3.60. The molecule has 0 saturated heterocycles. The first-order valence-electron chi connectivity index (χ1n) is 3.60. The third kappa shape index (κ3) is 1.02. The second-order valence-corrected chi connectivity index (χ2v) is 2.82. The van der Waals surface area contributed by atoms with E-state index >= 15 is 0 Å². The molecule has 1 heterocycles. The molecule has 2 rings (SSSR count). The van der Waals surface area contributed by atoms with Gasteiger partial charge in [0, 0.05) is 0 Å². The molecular weight excluding hydrogens is 135 g/mol. The molecule has 1 aromatic heterocycles. The predicted octanol–water partition coefficient (Wildman–Crippen LogP) is 1.40. The fraction of sp³-hybridized carbons (Fsp3) is 0.125. The van der Waals surface area contributed by atoms with Crippen molar-refractivity contribution in [3.8, 4) is 0 Å². The molecular formula is C8H9BN2. The van der Waals surface area contributed by atoms with Crippen LogP contribution in [0.3, 0.4) is 0 Å². The monoisotopic (exact) mass is 144 g/mol. The number of aromatic nitrogens is 1. The Balaban J connectivity index is 2.82. The van der Waals surface area contributed by atoms with Gasteiger partial charge in [0.15, 0.2) is 0 Å². The molecule has 0 fully saturated rings. The van der Waals surface area contributed by atoms with E-state index < -0.39 is 0 Å². The molecule has 0 spiro atoms. The minimum absolute atomic E-state index is 0.727. The average Bonchev–Trinajstić information content (AvgIpc) is 2.27. The number of nitrogen functional groups attached to an aromatic ring is 1. The summed E-state index contributed by atoms with van der Waals surface area (Å²) >= 11 is 0. The molecule has 0 aliphatic heterocycles. The quantitative estimate of drug-likeness (QED) is 0.576. The molecule has 0 radical (unpaired) electrons. The molecule has 0 aliphatic rings. The molecule has 2 nitrogen and oxygen atoms in total. The number of benzene rings is 1. The number of nitrogens with one attached hydrogen (secondary N) is 1. The van der Waals surface area contributed by atoms with E-state index in [0.29, 0.717) is 0 Å². The average molecular weight is 144 g/mol. The van der Waals surface area contributed by atoms with Crippen molar-refractivity contribution in [2.75, 3.05) is 5.73 Å². The van der Waals surface area contributed by atoms with Gasteiger partial charge in [-0.25, -0.2) is 0 Å². The number of aromatic amines is 1. The zero-order valence-electron chi connectivity index (χ0n) is 6.39. The molecule has 54 valence electrons. The van der Waals surface area contributed by atoms with Gasteiger partial charge in [-0.1, -0.05) is 0 Å². The first kappa shape index (κ1) is 6.46. The maximum atomic E-state index is 5.59. The number of nitrogens with two attached hydrogens (primary N) is 1. The third-order valence-electron chi connectivity index (χ3n) is 1.80. The Morgan fingerprint density at radius 2 is 2.27 bits per heavy atom. The van der Waals surface area contributed by atoms with E-state index in [2.05, 4.69) is 24.0 Å². The van der Waals surface area contributed by atoms with Gasteiger partial charge in [-0.3, -0.25) is 0 Å². The summed E-state index contributed by atoms with van der Waals surface area (Å²) in [7, 11) is 0. The Labute approximate surface area is 65.6 Å². The summed E-state index contributed by atoms with van der Waals surface area (Å²) in [6.07, 6.45) is 0. The SMILES string of the molecule is Cc1ccc2[nH]c(N)bc2c1. The van der Waals surface area contributed by atoms with E-state index in [0.717, 1.165) is 11.2 Å². The van der Waals surface area contributed by atoms with Gasteiger partial charge in [-0.05, 0) is 0 Å². The Morgan fingerprint density at radius 3 is 3.09 bits per heavy atom. The number of fused-ring (bicyclic) bond motifs is 1. The molecule has 1 aromatic carbocycles. The third-order valence-corrected chi connectivity index (χ3v) is 1.80. The molecule has 0 unspecified atom stereocenters. The van der Waals surface area contributed by atoms with Crippen molar-refractivity contribution in [2.24, 2.45) is 0 Å². The summed E-state index contributed by atoms with van der Waals surface area (Å²) in [6, 6.07) is 6.22. The number of hydrogen-bond donors (Lipinski definition) is 2. The standard InChI is InChI=1S/C8H9BN2/c1-5-2-3-7-6(4-5)9-8(10)11-7/h2-4,11H,10H2,1H3. The van der Waals surface area contributed by atoms with E-state index in [-0.39, 0.29) is 0 Å². The van der Waals surface area contributed by atoms with Crippen LogP contribution < -0.4 is 5.73 Å². The van der Waals surface area contributed by atoms with Crippen molar-refractivity contribution >= 4 is 23.4 Å². The number of anilines is 1. The second-order valence-electron chi connectivity index (χ2n) is 2.82. The molecule has 2 aromatic rings. The maximum absolute atomic E-state index is 5.59. The van der Waals surface area contributed by atoms with Crippen molar-refractivity contribution in [2.45, 2.75) is 6.92 Å². The van der Waals surface area contributed by atoms with Crippen molar-refractivity contribution in [3.63, 3.8) is 0 Å².